The SMILES string of the molecule is Clc1cc(CNCCc2cscn2)cc2c1OCCCO2. The van der Waals surface area contributed by atoms with E-state index in [2.05, 4.69) is 15.7 Å². The van der Waals surface area contributed by atoms with Crippen LogP contribution < -0.4 is 14.8 Å². The molecule has 1 N–H and O–H groups in total. The van der Waals surface area contributed by atoms with Gasteiger partial charge in [0.15, 0.2) is 11.5 Å². The number of fused-ring (bicyclic) bond motifs is 1. The minimum absolute atomic E-state index is 0.616. The second kappa shape index (κ2) is 7.11. The topological polar surface area (TPSA) is 43.4 Å². The van der Waals surface area contributed by atoms with Crippen molar-refractivity contribution in [2.24, 2.45) is 0 Å². The lowest BCUT2D eigenvalue weighted by atomic mass is 10.2. The molecule has 0 bridgehead atoms. The minimum Gasteiger partial charge on any atom is -0.489 e. The lowest BCUT2D eigenvalue weighted by Crippen LogP contribution is -2.16. The third-order valence-electron chi connectivity index (χ3n) is 3.23. The maximum atomic E-state index is 6.27. The number of nitrogens with one attached hydrogen (secondary N) is 1. The van der Waals surface area contributed by atoms with Crippen LogP contribution in [0.5, 0.6) is 11.5 Å². The first-order valence-electron chi connectivity index (χ1n) is 6.99. The molecule has 1 aliphatic heterocycles. The van der Waals surface area contributed by atoms with Gasteiger partial charge in [-0.3, -0.25) is 0 Å². The predicted molar refractivity (Wildman–Crippen MR) is 84.6 cm³/mol. The molecule has 0 fully saturated rings. The number of hydrogen-bond acceptors (Lipinski definition) is 5. The van der Waals surface area contributed by atoms with Gasteiger partial charge in [0.25, 0.3) is 0 Å². The monoisotopic (exact) mass is 324 g/mol. The molecular weight excluding hydrogens is 308 g/mol. The molecule has 0 radical (unpaired) electrons. The van der Waals surface area contributed by atoms with Crippen molar-refractivity contribution in [3.63, 3.8) is 0 Å². The Balaban J connectivity index is 1.58. The molecule has 2 heterocycles. The first-order chi connectivity index (χ1) is 10.3. The third-order valence-corrected chi connectivity index (χ3v) is 4.15. The highest BCUT2D eigenvalue weighted by molar-refractivity contribution is 7.07. The fourth-order valence-electron chi connectivity index (χ4n) is 2.20. The van der Waals surface area contributed by atoms with E-state index in [1.165, 1.54) is 0 Å². The number of hydrogen-bond donors (Lipinski definition) is 1. The number of rotatable bonds is 5. The zero-order chi connectivity index (χ0) is 14.5. The summed E-state index contributed by atoms with van der Waals surface area (Å²) in [5.74, 6) is 1.41. The molecular formula is C15H17ClN2O2S. The van der Waals surface area contributed by atoms with Gasteiger partial charge >= 0.3 is 0 Å². The van der Waals surface area contributed by atoms with Crippen molar-refractivity contribution in [1.29, 1.82) is 0 Å². The fourth-order valence-corrected chi connectivity index (χ4v) is 3.08. The molecule has 1 aromatic carbocycles. The smallest absolute Gasteiger partial charge is 0.179 e. The average Bonchev–Trinajstić information content (AvgIpc) is 2.87. The quantitative estimate of drug-likeness (QED) is 0.857. The van der Waals surface area contributed by atoms with Crippen LogP contribution in [0.4, 0.5) is 0 Å². The van der Waals surface area contributed by atoms with E-state index in [-0.39, 0.29) is 0 Å². The van der Waals surface area contributed by atoms with Gasteiger partial charge in [-0.05, 0) is 17.7 Å². The Hall–Kier alpha value is -1.30. The van der Waals surface area contributed by atoms with E-state index in [1.807, 2.05) is 17.6 Å². The highest BCUT2D eigenvalue weighted by atomic mass is 35.5. The zero-order valence-corrected chi connectivity index (χ0v) is 13.2. The van der Waals surface area contributed by atoms with Gasteiger partial charge in [0.2, 0.25) is 0 Å². The van der Waals surface area contributed by atoms with Crippen molar-refractivity contribution < 1.29 is 9.47 Å². The van der Waals surface area contributed by atoms with Crippen LogP contribution in [0.1, 0.15) is 17.7 Å². The Morgan fingerprint density at radius 1 is 1.29 bits per heavy atom. The molecule has 112 valence electrons. The predicted octanol–water partition coefficient (Wildman–Crippen LogP) is 3.29. The Morgan fingerprint density at radius 2 is 2.19 bits per heavy atom. The van der Waals surface area contributed by atoms with Crippen LogP contribution in [0.25, 0.3) is 0 Å². The molecule has 0 amide bonds. The van der Waals surface area contributed by atoms with Crippen molar-refractivity contribution in [3.05, 3.63) is 39.3 Å². The number of halogens is 1. The highest BCUT2D eigenvalue weighted by Crippen LogP contribution is 2.37. The van der Waals surface area contributed by atoms with E-state index in [9.17, 15) is 0 Å². The van der Waals surface area contributed by atoms with E-state index in [0.29, 0.717) is 24.0 Å². The van der Waals surface area contributed by atoms with Crippen molar-refractivity contribution in [1.82, 2.24) is 10.3 Å². The summed E-state index contributed by atoms with van der Waals surface area (Å²) in [4.78, 5) is 4.26. The van der Waals surface area contributed by atoms with Crippen LogP contribution in [0, 0.1) is 0 Å². The van der Waals surface area contributed by atoms with Gasteiger partial charge in [-0.1, -0.05) is 11.6 Å². The number of benzene rings is 1. The molecule has 0 saturated heterocycles. The van der Waals surface area contributed by atoms with Gasteiger partial charge in [-0.15, -0.1) is 11.3 Å². The molecule has 0 saturated carbocycles. The van der Waals surface area contributed by atoms with Gasteiger partial charge < -0.3 is 14.8 Å². The number of aromatic nitrogens is 1. The molecule has 6 heteroatoms. The van der Waals surface area contributed by atoms with Crippen molar-refractivity contribution in [2.75, 3.05) is 19.8 Å². The molecule has 4 nitrogen and oxygen atoms in total. The van der Waals surface area contributed by atoms with Gasteiger partial charge in [0.1, 0.15) is 0 Å². The zero-order valence-electron chi connectivity index (χ0n) is 11.6. The summed E-state index contributed by atoms with van der Waals surface area (Å²) < 4.78 is 11.3. The van der Waals surface area contributed by atoms with Crippen molar-refractivity contribution in [2.45, 2.75) is 19.4 Å². The van der Waals surface area contributed by atoms with Crippen LogP contribution in [0.3, 0.4) is 0 Å². The highest BCUT2D eigenvalue weighted by Gasteiger charge is 2.15. The normalized spacial score (nSPS) is 14.0. The van der Waals surface area contributed by atoms with Gasteiger partial charge in [-0.25, -0.2) is 4.98 Å². The molecule has 0 unspecified atom stereocenters. The van der Waals surface area contributed by atoms with E-state index < -0.39 is 0 Å². The lowest BCUT2D eigenvalue weighted by Gasteiger charge is -2.12. The second-order valence-electron chi connectivity index (χ2n) is 4.86. The summed E-state index contributed by atoms with van der Waals surface area (Å²) >= 11 is 7.90. The molecule has 1 aromatic heterocycles. The standard InChI is InChI=1S/C15H17ClN2O2S/c16-13-6-11(7-14-15(13)20-5-1-4-19-14)8-17-3-2-12-9-21-10-18-12/h6-7,9-10,17H,1-5,8H2. The third kappa shape index (κ3) is 3.87. The molecule has 0 spiro atoms. The van der Waals surface area contributed by atoms with Crippen molar-refractivity contribution in [3.8, 4) is 11.5 Å². The Labute approximate surface area is 133 Å². The number of thiazole rings is 1. The van der Waals surface area contributed by atoms with Crippen LogP contribution in [-0.4, -0.2) is 24.7 Å². The Kier molecular flexibility index (Phi) is 4.95. The van der Waals surface area contributed by atoms with Crippen LogP contribution >= 0.6 is 22.9 Å². The Bertz CT molecular complexity index is 590. The lowest BCUT2D eigenvalue weighted by molar-refractivity contribution is 0.297. The summed E-state index contributed by atoms with van der Waals surface area (Å²) in [5.41, 5.74) is 4.09. The molecule has 0 atom stereocenters. The minimum atomic E-state index is 0.616. The molecule has 1 aliphatic rings. The van der Waals surface area contributed by atoms with Gasteiger partial charge in [-0.2, -0.15) is 0 Å². The van der Waals surface area contributed by atoms with Gasteiger partial charge in [0, 0.05) is 31.3 Å². The van der Waals surface area contributed by atoms with E-state index in [1.54, 1.807) is 11.3 Å². The number of ether oxygens (including phenoxy) is 2. The summed E-state index contributed by atoms with van der Waals surface area (Å²) in [5, 5.41) is 6.09. The maximum absolute atomic E-state index is 6.27. The Morgan fingerprint density at radius 3 is 3.05 bits per heavy atom. The molecule has 21 heavy (non-hydrogen) atoms. The van der Waals surface area contributed by atoms with E-state index >= 15 is 0 Å². The first kappa shape index (κ1) is 14.6. The number of nitrogens with zero attached hydrogens (tertiary/aromatic N) is 1. The van der Waals surface area contributed by atoms with Crippen LogP contribution in [0.15, 0.2) is 23.0 Å². The molecule has 0 aliphatic carbocycles. The summed E-state index contributed by atoms with van der Waals surface area (Å²) in [6.45, 7) is 2.96. The van der Waals surface area contributed by atoms with E-state index in [0.717, 1.165) is 42.9 Å². The summed E-state index contributed by atoms with van der Waals surface area (Å²) in [6, 6.07) is 3.94. The average molecular weight is 325 g/mol. The largest absolute Gasteiger partial charge is 0.489 e. The van der Waals surface area contributed by atoms with Gasteiger partial charge in [0.05, 0.1) is 29.4 Å². The summed E-state index contributed by atoms with van der Waals surface area (Å²) in [7, 11) is 0. The maximum Gasteiger partial charge on any atom is 0.179 e. The van der Waals surface area contributed by atoms with Crippen LogP contribution in [-0.2, 0) is 13.0 Å². The van der Waals surface area contributed by atoms with Crippen molar-refractivity contribution >= 4 is 22.9 Å². The molecule has 2 aromatic rings. The second-order valence-corrected chi connectivity index (χ2v) is 5.99. The molecule has 3 rings (SSSR count). The fraction of sp³-hybridized carbons (Fsp3) is 0.400. The first-order valence-corrected chi connectivity index (χ1v) is 8.31. The van der Waals surface area contributed by atoms with E-state index in [4.69, 9.17) is 21.1 Å². The summed E-state index contributed by atoms with van der Waals surface area (Å²) in [6.07, 6.45) is 1.81. The van der Waals surface area contributed by atoms with Crippen LogP contribution in [0.2, 0.25) is 5.02 Å².